The van der Waals surface area contributed by atoms with Crippen LogP contribution in [0, 0.1) is 5.82 Å². The monoisotopic (exact) mass is 458 g/mol. The average molecular weight is 458 g/mol. The van der Waals surface area contributed by atoms with Gasteiger partial charge in [0, 0.05) is 32.4 Å². The maximum atomic E-state index is 12.9. The molecular formula is C18H24FIN4O. The molecule has 0 saturated carbocycles. The maximum absolute atomic E-state index is 12.9. The number of nitrogens with one attached hydrogen (secondary N) is 2. The molecule has 0 aliphatic heterocycles. The van der Waals surface area contributed by atoms with Gasteiger partial charge in [-0.2, -0.15) is 0 Å². The molecule has 1 aromatic carbocycles. The molecule has 1 heterocycles. The predicted molar refractivity (Wildman–Crippen MR) is 109 cm³/mol. The fourth-order valence-corrected chi connectivity index (χ4v) is 2.17. The molecule has 0 fully saturated rings. The summed E-state index contributed by atoms with van der Waals surface area (Å²) in [7, 11) is 1.73. The van der Waals surface area contributed by atoms with E-state index in [0.29, 0.717) is 31.5 Å². The predicted octanol–water partition coefficient (Wildman–Crippen LogP) is 3.15. The average Bonchev–Trinajstić information content (AvgIpc) is 2.60. The van der Waals surface area contributed by atoms with Crippen LogP contribution in [0.4, 0.5) is 4.39 Å². The molecule has 2 aromatic rings. The summed E-state index contributed by atoms with van der Waals surface area (Å²) < 4.78 is 18.3. The van der Waals surface area contributed by atoms with Crippen molar-refractivity contribution in [3.63, 3.8) is 0 Å². The number of ether oxygens (including phenoxy) is 1. The molecule has 0 bridgehead atoms. The molecule has 0 amide bonds. The third kappa shape index (κ3) is 7.68. The topological polar surface area (TPSA) is 58.5 Å². The molecule has 0 aliphatic rings. The van der Waals surface area contributed by atoms with E-state index in [9.17, 15) is 4.39 Å². The van der Waals surface area contributed by atoms with Gasteiger partial charge in [0.25, 0.3) is 0 Å². The van der Waals surface area contributed by atoms with Crippen molar-refractivity contribution in [1.29, 1.82) is 0 Å². The molecule has 2 rings (SSSR count). The number of aromatic nitrogens is 1. The molecule has 0 radical (unpaired) electrons. The van der Waals surface area contributed by atoms with Gasteiger partial charge in [-0.15, -0.1) is 24.0 Å². The highest BCUT2D eigenvalue weighted by Crippen LogP contribution is 2.08. The summed E-state index contributed by atoms with van der Waals surface area (Å²) in [5.41, 5.74) is 2.14. The minimum atomic E-state index is -0.215. The Hall–Kier alpha value is -1.90. The van der Waals surface area contributed by atoms with Crippen molar-refractivity contribution >= 4 is 29.9 Å². The van der Waals surface area contributed by atoms with E-state index in [-0.39, 0.29) is 29.8 Å². The van der Waals surface area contributed by atoms with Crippen molar-refractivity contribution in [3.05, 3.63) is 59.5 Å². The number of nitrogens with zero attached hydrogens (tertiary/aromatic N) is 2. The molecule has 0 unspecified atom stereocenters. The number of halogens is 2. The summed E-state index contributed by atoms with van der Waals surface area (Å²) in [5.74, 6) is 1.12. The zero-order chi connectivity index (χ0) is 17.2. The molecule has 2 N–H and O–H groups in total. The minimum Gasteiger partial charge on any atom is -0.478 e. The van der Waals surface area contributed by atoms with Gasteiger partial charge >= 0.3 is 0 Å². The third-order valence-corrected chi connectivity index (χ3v) is 3.39. The quantitative estimate of drug-likeness (QED) is 0.381. The Bertz CT molecular complexity index is 664. The zero-order valence-electron chi connectivity index (χ0n) is 14.5. The second-order valence-electron chi connectivity index (χ2n) is 5.16. The van der Waals surface area contributed by atoms with Crippen LogP contribution in [0.3, 0.4) is 0 Å². The first-order valence-electron chi connectivity index (χ1n) is 7.98. The fraction of sp³-hybridized carbons (Fsp3) is 0.333. The van der Waals surface area contributed by atoms with E-state index in [1.807, 2.05) is 19.1 Å². The van der Waals surface area contributed by atoms with Crippen LogP contribution in [-0.2, 0) is 13.0 Å². The normalized spacial score (nSPS) is 10.8. The van der Waals surface area contributed by atoms with Gasteiger partial charge in [-0.05, 0) is 42.7 Å². The van der Waals surface area contributed by atoms with Crippen LogP contribution in [0.2, 0.25) is 0 Å². The van der Waals surface area contributed by atoms with Crippen LogP contribution in [0.15, 0.2) is 47.6 Å². The number of aliphatic imine (C=N–C) groups is 1. The smallest absolute Gasteiger partial charge is 0.213 e. The number of pyridine rings is 1. The van der Waals surface area contributed by atoms with E-state index in [0.717, 1.165) is 17.5 Å². The molecule has 1 aromatic heterocycles. The van der Waals surface area contributed by atoms with Gasteiger partial charge < -0.3 is 15.4 Å². The molecule has 0 saturated heterocycles. The Morgan fingerprint density at radius 3 is 2.60 bits per heavy atom. The van der Waals surface area contributed by atoms with Gasteiger partial charge in [-0.1, -0.05) is 12.1 Å². The number of guanidine groups is 1. The van der Waals surface area contributed by atoms with E-state index in [1.165, 1.54) is 12.1 Å². The first-order valence-corrected chi connectivity index (χ1v) is 7.98. The van der Waals surface area contributed by atoms with E-state index >= 15 is 0 Å². The van der Waals surface area contributed by atoms with Crippen LogP contribution in [0.1, 0.15) is 18.1 Å². The highest BCUT2D eigenvalue weighted by Gasteiger charge is 2.01. The molecule has 7 heteroatoms. The molecular weight excluding hydrogens is 434 g/mol. The second-order valence-corrected chi connectivity index (χ2v) is 5.16. The molecule has 0 atom stereocenters. The van der Waals surface area contributed by atoms with Crippen LogP contribution < -0.4 is 15.4 Å². The van der Waals surface area contributed by atoms with Crippen molar-refractivity contribution in [2.75, 3.05) is 20.2 Å². The molecule has 5 nitrogen and oxygen atoms in total. The van der Waals surface area contributed by atoms with Crippen LogP contribution in [0.25, 0.3) is 0 Å². The van der Waals surface area contributed by atoms with Crippen LogP contribution in [-0.4, -0.2) is 31.1 Å². The maximum Gasteiger partial charge on any atom is 0.213 e. The van der Waals surface area contributed by atoms with E-state index in [1.54, 1.807) is 25.4 Å². The lowest BCUT2D eigenvalue weighted by molar-refractivity contribution is 0.326. The Morgan fingerprint density at radius 2 is 1.92 bits per heavy atom. The van der Waals surface area contributed by atoms with Crippen molar-refractivity contribution in [2.45, 2.75) is 19.9 Å². The Balaban J connectivity index is 0.00000312. The molecule has 0 aliphatic carbocycles. The lowest BCUT2D eigenvalue weighted by Crippen LogP contribution is -2.37. The fourth-order valence-electron chi connectivity index (χ4n) is 2.17. The van der Waals surface area contributed by atoms with Gasteiger partial charge in [0.15, 0.2) is 5.96 Å². The summed E-state index contributed by atoms with van der Waals surface area (Å²) in [6, 6.07) is 10.4. The Morgan fingerprint density at radius 1 is 1.16 bits per heavy atom. The Kier molecular flexibility index (Phi) is 9.83. The summed E-state index contributed by atoms with van der Waals surface area (Å²) in [6.07, 6.45) is 2.53. The second kappa shape index (κ2) is 11.6. The van der Waals surface area contributed by atoms with Crippen molar-refractivity contribution in [3.8, 4) is 5.88 Å². The van der Waals surface area contributed by atoms with E-state index < -0.39 is 0 Å². The zero-order valence-corrected chi connectivity index (χ0v) is 16.8. The van der Waals surface area contributed by atoms with Crippen molar-refractivity contribution in [2.24, 2.45) is 4.99 Å². The molecule has 136 valence electrons. The van der Waals surface area contributed by atoms with E-state index in [2.05, 4.69) is 20.6 Å². The third-order valence-electron chi connectivity index (χ3n) is 3.39. The van der Waals surface area contributed by atoms with Gasteiger partial charge in [0.1, 0.15) is 5.82 Å². The van der Waals surface area contributed by atoms with Gasteiger partial charge in [-0.3, -0.25) is 4.99 Å². The summed E-state index contributed by atoms with van der Waals surface area (Å²) >= 11 is 0. The number of rotatable bonds is 7. The van der Waals surface area contributed by atoms with Gasteiger partial charge in [0.2, 0.25) is 5.88 Å². The largest absolute Gasteiger partial charge is 0.478 e. The lowest BCUT2D eigenvalue weighted by atomic mass is 10.1. The summed E-state index contributed by atoms with van der Waals surface area (Å²) in [5, 5.41) is 6.49. The van der Waals surface area contributed by atoms with Gasteiger partial charge in [-0.25, -0.2) is 9.37 Å². The van der Waals surface area contributed by atoms with Gasteiger partial charge in [0.05, 0.1) is 6.61 Å². The Labute approximate surface area is 165 Å². The molecule has 0 spiro atoms. The number of hydrogen-bond donors (Lipinski definition) is 2. The summed E-state index contributed by atoms with van der Waals surface area (Å²) in [4.78, 5) is 8.34. The highest BCUT2D eigenvalue weighted by atomic mass is 127. The van der Waals surface area contributed by atoms with E-state index in [4.69, 9.17) is 4.74 Å². The minimum absolute atomic E-state index is 0. The van der Waals surface area contributed by atoms with Crippen molar-refractivity contribution in [1.82, 2.24) is 15.6 Å². The first kappa shape index (κ1) is 21.1. The lowest BCUT2D eigenvalue weighted by Gasteiger charge is -2.12. The number of hydrogen-bond acceptors (Lipinski definition) is 3. The first-order chi connectivity index (χ1) is 11.7. The molecule has 25 heavy (non-hydrogen) atoms. The van der Waals surface area contributed by atoms with Crippen LogP contribution >= 0.6 is 24.0 Å². The standard InChI is InChI=1S/C18H23FN4O.HI/c1-3-24-17-12-15(9-10-21-17)13-23-18(20-2)22-11-8-14-4-6-16(19)7-5-14;/h4-7,9-10,12H,3,8,11,13H2,1-2H3,(H2,20,22,23);1H. The summed E-state index contributed by atoms with van der Waals surface area (Å²) in [6.45, 7) is 3.86. The number of benzene rings is 1. The highest BCUT2D eigenvalue weighted by molar-refractivity contribution is 14.0. The van der Waals surface area contributed by atoms with Crippen LogP contribution in [0.5, 0.6) is 5.88 Å². The van der Waals surface area contributed by atoms with Crippen molar-refractivity contribution < 1.29 is 9.13 Å². The SMILES string of the molecule is CCOc1cc(CNC(=NC)NCCc2ccc(F)cc2)ccn1.I.